The minimum Gasteiger partial charge on any atom is -0.481 e. The second-order valence-electron chi connectivity index (χ2n) is 8.92. The summed E-state index contributed by atoms with van der Waals surface area (Å²) in [6.07, 6.45) is 1.82. The maximum atomic E-state index is 13.1. The molecule has 1 heterocycles. The van der Waals surface area contributed by atoms with Gasteiger partial charge < -0.3 is 14.8 Å². The molecule has 0 saturated carbocycles. The summed E-state index contributed by atoms with van der Waals surface area (Å²) in [6.45, 7) is 0.386. The van der Waals surface area contributed by atoms with Crippen molar-refractivity contribution in [3.63, 3.8) is 0 Å². The number of carboxylic acid groups (broad SMARTS) is 2. The molecule has 0 spiro atoms. The Bertz CT molecular complexity index is 1550. The number of aromatic nitrogens is 1. The second kappa shape index (κ2) is 11.6. The van der Waals surface area contributed by atoms with Gasteiger partial charge in [0.25, 0.3) is 0 Å². The Morgan fingerprint density at radius 1 is 0.947 bits per heavy atom. The number of carboxylic acids is 2. The number of nitrogens with zero attached hydrogens (tertiary/aromatic N) is 1. The van der Waals surface area contributed by atoms with E-state index in [-0.39, 0.29) is 17.4 Å². The van der Waals surface area contributed by atoms with Gasteiger partial charge in [-0.1, -0.05) is 36.4 Å². The van der Waals surface area contributed by atoms with E-state index >= 15 is 0 Å². The number of aromatic carboxylic acids is 1. The fourth-order valence-electron chi connectivity index (χ4n) is 4.65. The van der Waals surface area contributed by atoms with Gasteiger partial charge in [-0.25, -0.2) is 22.3 Å². The van der Waals surface area contributed by atoms with Crippen molar-refractivity contribution in [2.45, 2.75) is 43.2 Å². The first-order chi connectivity index (χ1) is 18.2. The van der Waals surface area contributed by atoms with Crippen molar-refractivity contribution < 1.29 is 32.6 Å². The van der Waals surface area contributed by atoms with E-state index in [0.717, 1.165) is 34.3 Å². The van der Waals surface area contributed by atoms with E-state index < -0.39 is 27.8 Å². The summed E-state index contributed by atoms with van der Waals surface area (Å²) >= 11 is 0. The molecule has 198 valence electrons. The van der Waals surface area contributed by atoms with Gasteiger partial charge in [-0.2, -0.15) is 0 Å². The van der Waals surface area contributed by atoms with Crippen molar-refractivity contribution in [2.24, 2.45) is 0 Å². The van der Waals surface area contributed by atoms with Crippen LogP contribution in [0.3, 0.4) is 0 Å². The van der Waals surface area contributed by atoms with Gasteiger partial charge in [0.1, 0.15) is 5.82 Å². The predicted molar refractivity (Wildman–Crippen MR) is 140 cm³/mol. The number of hydrogen-bond acceptors (Lipinski definition) is 4. The van der Waals surface area contributed by atoms with Crippen LogP contribution in [-0.2, 0) is 34.2 Å². The van der Waals surface area contributed by atoms with Crippen LogP contribution in [0.15, 0.2) is 83.8 Å². The third kappa shape index (κ3) is 6.27. The summed E-state index contributed by atoms with van der Waals surface area (Å²) in [6, 6.07) is 20.6. The Morgan fingerprint density at radius 2 is 1.61 bits per heavy atom. The lowest BCUT2D eigenvalue weighted by molar-refractivity contribution is -0.137. The average molecular weight is 539 g/mol. The minimum absolute atomic E-state index is 0.0335. The van der Waals surface area contributed by atoms with E-state index in [1.54, 1.807) is 30.3 Å². The van der Waals surface area contributed by atoms with Crippen molar-refractivity contribution in [1.29, 1.82) is 0 Å². The normalized spacial score (nSPS) is 14.8. The van der Waals surface area contributed by atoms with Crippen LogP contribution in [0.4, 0.5) is 4.39 Å². The molecule has 8 nitrogen and oxygen atoms in total. The molecule has 0 saturated heterocycles. The number of aryl methyl sites for hydroxylation is 1. The highest BCUT2D eigenvalue weighted by Crippen LogP contribution is 2.33. The molecule has 0 bridgehead atoms. The Balaban J connectivity index is 0.000000317. The number of nitrogens with one attached hydrogen (secondary N) is 1. The zero-order chi connectivity index (χ0) is 27.3. The molecule has 1 atom stereocenters. The summed E-state index contributed by atoms with van der Waals surface area (Å²) in [5.74, 6) is -2.21. The molecule has 4 aromatic rings. The molecular weight excluding hydrogens is 511 g/mol. The second-order valence-corrected chi connectivity index (χ2v) is 10.6. The topological polar surface area (TPSA) is 126 Å². The maximum absolute atomic E-state index is 13.1. The lowest BCUT2D eigenvalue weighted by Gasteiger charge is -2.25. The Hall–Kier alpha value is -4.02. The molecule has 0 amide bonds. The fraction of sp³-hybridized carbons (Fsp3) is 0.214. The molecular formula is C28H27FN2O6S. The van der Waals surface area contributed by atoms with Gasteiger partial charge in [0.2, 0.25) is 10.0 Å². The molecule has 0 aliphatic heterocycles. The van der Waals surface area contributed by atoms with Crippen LogP contribution >= 0.6 is 0 Å². The molecule has 1 aliphatic carbocycles. The molecule has 1 aliphatic rings. The third-order valence-electron chi connectivity index (χ3n) is 6.39. The molecule has 5 rings (SSSR count). The summed E-state index contributed by atoms with van der Waals surface area (Å²) in [5, 5.41) is 18.5. The Morgan fingerprint density at radius 3 is 2.24 bits per heavy atom. The van der Waals surface area contributed by atoms with Crippen molar-refractivity contribution in [3.8, 4) is 0 Å². The summed E-state index contributed by atoms with van der Waals surface area (Å²) in [4.78, 5) is 21.3. The zero-order valence-electron chi connectivity index (χ0n) is 20.4. The number of sulfonamides is 1. The van der Waals surface area contributed by atoms with E-state index in [2.05, 4.69) is 4.72 Å². The number of carbonyl (C=O) groups is 2. The quantitative estimate of drug-likeness (QED) is 0.319. The van der Waals surface area contributed by atoms with Crippen LogP contribution in [0.1, 0.15) is 34.5 Å². The SMILES string of the molecule is O=C(O)CCn1c2c(c3ccccc31)C[C@H](NS(=O)(=O)c1ccc(F)cc1)CC2.O=C(O)c1ccccc1. The molecule has 3 aromatic carbocycles. The number of para-hydroxylation sites is 1. The number of aliphatic carboxylic acids is 1. The summed E-state index contributed by atoms with van der Waals surface area (Å²) in [7, 11) is -3.75. The van der Waals surface area contributed by atoms with Crippen molar-refractivity contribution in [2.75, 3.05) is 0 Å². The molecule has 0 fully saturated rings. The Kier molecular flexibility index (Phi) is 8.23. The van der Waals surface area contributed by atoms with Crippen LogP contribution in [0, 0.1) is 5.82 Å². The van der Waals surface area contributed by atoms with Gasteiger partial charge in [0.15, 0.2) is 0 Å². The van der Waals surface area contributed by atoms with E-state index in [1.165, 1.54) is 12.1 Å². The molecule has 1 aromatic heterocycles. The maximum Gasteiger partial charge on any atom is 0.335 e. The van der Waals surface area contributed by atoms with Gasteiger partial charge in [-0.05, 0) is 67.3 Å². The van der Waals surface area contributed by atoms with Crippen molar-refractivity contribution in [1.82, 2.24) is 9.29 Å². The molecule has 10 heteroatoms. The predicted octanol–water partition coefficient (Wildman–Crippen LogP) is 4.48. The van der Waals surface area contributed by atoms with Crippen LogP contribution in [0.5, 0.6) is 0 Å². The number of rotatable bonds is 7. The van der Waals surface area contributed by atoms with Crippen molar-refractivity contribution >= 4 is 32.9 Å². The number of halogens is 1. The first kappa shape index (κ1) is 27.0. The smallest absolute Gasteiger partial charge is 0.335 e. The molecule has 0 unspecified atom stereocenters. The lowest BCUT2D eigenvalue weighted by Crippen LogP contribution is -2.39. The fourth-order valence-corrected chi connectivity index (χ4v) is 5.92. The van der Waals surface area contributed by atoms with Gasteiger partial charge in [-0.15, -0.1) is 0 Å². The number of benzene rings is 3. The number of fused-ring (bicyclic) bond motifs is 3. The molecule has 38 heavy (non-hydrogen) atoms. The molecule has 3 N–H and O–H groups in total. The summed E-state index contributed by atoms with van der Waals surface area (Å²) in [5.41, 5.74) is 3.44. The highest BCUT2D eigenvalue weighted by atomic mass is 32.2. The first-order valence-corrected chi connectivity index (χ1v) is 13.5. The highest BCUT2D eigenvalue weighted by molar-refractivity contribution is 7.89. The van der Waals surface area contributed by atoms with E-state index in [9.17, 15) is 22.4 Å². The van der Waals surface area contributed by atoms with Gasteiger partial charge in [0, 0.05) is 29.2 Å². The van der Waals surface area contributed by atoms with Gasteiger partial charge in [-0.3, -0.25) is 4.79 Å². The average Bonchev–Trinajstić information content (AvgIpc) is 3.21. The standard InChI is InChI=1S/C21H21FN2O4S.C7H6O2/c22-14-5-8-16(9-6-14)29(27,28)23-15-7-10-20-18(13-15)17-3-1-2-4-19(17)24(20)12-11-21(25)26;8-7(9)6-4-2-1-3-5-6/h1-6,8-9,15,23H,7,10-13H2,(H,25,26);1-5H,(H,8,9)/t15-;/m1./s1. The monoisotopic (exact) mass is 538 g/mol. The van der Waals surface area contributed by atoms with Crippen LogP contribution in [0.2, 0.25) is 0 Å². The van der Waals surface area contributed by atoms with E-state index in [0.29, 0.717) is 31.4 Å². The Labute approximate surface area is 219 Å². The minimum atomic E-state index is -3.75. The van der Waals surface area contributed by atoms with Gasteiger partial charge in [0.05, 0.1) is 16.9 Å². The third-order valence-corrected chi connectivity index (χ3v) is 7.93. The largest absolute Gasteiger partial charge is 0.481 e. The van der Waals surface area contributed by atoms with Crippen LogP contribution in [0.25, 0.3) is 10.9 Å². The van der Waals surface area contributed by atoms with Gasteiger partial charge >= 0.3 is 11.9 Å². The zero-order valence-corrected chi connectivity index (χ0v) is 21.2. The lowest BCUT2D eigenvalue weighted by atomic mass is 9.92. The van der Waals surface area contributed by atoms with Crippen molar-refractivity contribution in [3.05, 3.63) is 102 Å². The van der Waals surface area contributed by atoms with E-state index in [1.807, 2.05) is 28.8 Å². The van der Waals surface area contributed by atoms with E-state index in [4.69, 9.17) is 10.2 Å². The molecule has 0 radical (unpaired) electrons. The van der Waals surface area contributed by atoms with Crippen LogP contribution in [-0.4, -0.2) is 41.2 Å². The highest BCUT2D eigenvalue weighted by Gasteiger charge is 2.28. The van der Waals surface area contributed by atoms with Crippen LogP contribution < -0.4 is 4.72 Å². The summed E-state index contributed by atoms with van der Waals surface area (Å²) < 4.78 is 43.2. The first-order valence-electron chi connectivity index (χ1n) is 12.0. The number of hydrogen-bond donors (Lipinski definition) is 3.